The van der Waals surface area contributed by atoms with Gasteiger partial charge in [-0.3, -0.25) is 9.63 Å². The molecule has 64 valence electrons. The van der Waals surface area contributed by atoms with Gasteiger partial charge >= 0.3 is 0 Å². The Balaban J connectivity index is 2.81. The molecule has 3 heteroatoms. The van der Waals surface area contributed by atoms with E-state index in [2.05, 4.69) is 0 Å². The molecule has 0 aliphatic carbocycles. The number of amides is 1. The summed E-state index contributed by atoms with van der Waals surface area (Å²) in [5.74, 6) is 0.0602. The first-order valence-electron chi connectivity index (χ1n) is 3.76. The minimum atomic E-state index is -0.623. The molecular weight excluding hydrogens is 142 g/mol. The normalized spacial score (nSPS) is 32.1. The van der Waals surface area contributed by atoms with E-state index in [-0.39, 0.29) is 11.3 Å². The van der Waals surface area contributed by atoms with Gasteiger partial charge in [-0.25, -0.2) is 5.06 Å². The molecule has 0 saturated carbocycles. The predicted molar refractivity (Wildman–Crippen MR) is 41.7 cm³/mol. The van der Waals surface area contributed by atoms with Crippen LogP contribution in [0.5, 0.6) is 0 Å². The zero-order chi connectivity index (χ0) is 8.86. The van der Waals surface area contributed by atoms with Crippen LogP contribution >= 0.6 is 0 Å². The fourth-order valence-electron chi connectivity index (χ4n) is 1.07. The van der Waals surface area contributed by atoms with Crippen molar-refractivity contribution >= 4 is 5.91 Å². The molecule has 0 aromatic rings. The molecule has 1 aliphatic heterocycles. The van der Waals surface area contributed by atoms with Crippen molar-refractivity contribution in [3.8, 4) is 0 Å². The van der Waals surface area contributed by atoms with Crippen molar-refractivity contribution in [3.63, 3.8) is 0 Å². The molecule has 1 amide bonds. The van der Waals surface area contributed by atoms with Crippen LogP contribution in [0.25, 0.3) is 0 Å². The van der Waals surface area contributed by atoms with Gasteiger partial charge in [-0.1, -0.05) is 20.8 Å². The maximum Gasteiger partial charge on any atom is 0.281 e. The zero-order valence-corrected chi connectivity index (χ0v) is 7.76. The molecule has 1 fully saturated rings. The molecule has 11 heavy (non-hydrogen) atoms. The summed E-state index contributed by atoms with van der Waals surface area (Å²) in [5, 5.41) is 1.28. The van der Waals surface area contributed by atoms with Gasteiger partial charge in [-0.05, 0) is 6.92 Å². The van der Waals surface area contributed by atoms with Crippen molar-refractivity contribution in [1.82, 2.24) is 5.06 Å². The predicted octanol–water partition coefficient (Wildman–Crippen LogP) is 1.19. The first-order chi connectivity index (χ1) is 4.79. The van der Waals surface area contributed by atoms with Crippen LogP contribution in [-0.2, 0) is 9.63 Å². The van der Waals surface area contributed by atoms with Crippen molar-refractivity contribution in [2.24, 2.45) is 5.41 Å². The Morgan fingerprint density at radius 3 is 2.00 bits per heavy atom. The Morgan fingerprint density at radius 2 is 1.91 bits per heavy atom. The fourth-order valence-corrected chi connectivity index (χ4v) is 1.07. The van der Waals surface area contributed by atoms with Crippen LogP contribution in [-0.4, -0.2) is 23.6 Å². The Labute approximate surface area is 67.3 Å². The second-order valence-electron chi connectivity index (χ2n) is 4.18. The maximum absolute atomic E-state index is 11.3. The van der Waals surface area contributed by atoms with Crippen molar-refractivity contribution < 1.29 is 9.63 Å². The summed E-state index contributed by atoms with van der Waals surface area (Å²) in [6.07, 6.45) is 0. The van der Waals surface area contributed by atoms with Crippen molar-refractivity contribution in [2.45, 2.75) is 33.3 Å². The van der Waals surface area contributed by atoms with Gasteiger partial charge in [0.1, 0.15) is 0 Å². The van der Waals surface area contributed by atoms with E-state index < -0.39 is 5.60 Å². The molecule has 1 heterocycles. The highest BCUT2D eigenvalue weighted by Crippen LogP contribution is 2.41. The highest BCUT2D eigenvalue weighted by Gasteiger charge is 2.56. The van der Waals surface area contributed by atoms with Crippen LogP contribution in [0.1, 0.15) is 27.7 Å². The highest BCUT2D eigenvalue weighted by molar-refractivity contribution is 5.88. The van der Waals surface area contributed by atoms with Crippen LogP contribution < -0.4 is 0 Å². The topological polar surface area (TPSA) is 29.5 Å². The summed E-state index contributed by atoms with van der Waals surface area (Å²) < 4.78 is 0. The van der Waals surface area contributed by atoms with Crippen molar-refractivity contribution in [1.29, 1.82) is 0 Å². The van der Waals surface area contributed by atoms with Crippen molar-refractivity contribution in [3.05, 3.63) is 0 Å². The lowest BCUT2D eigenvalue weighted by atomic mass is 9.75. The summed E-state index contributed by atoms with van der Waals surface area (Å²) in [5.41, 5.74) is -0.752. The number of likely N-dealkylation sites (N-methyl/N-ethyl adjacent to an activating group) is 1. The van der Waals surface area contributed by atoms with Gasteiger partial charge in [0.25, 0.3) is 5.91 Å². The number of rotatable bonds is 0. The van der Waals surface area contributed by atoms with Crippen LogP contribution in [0, 0.1) is 5.41 Å². The third kappa shape index (κ3) is 0.948. The summed E-state index contributed by atoms with van der Waals surface area (Å²) in [7, 11) is 1.63. The van der Waals surface area contributed by atoms with Gasteiger partial charge in [0.15, 0.2) is 5.60 Å². The van der Waals surface area contributed by atoms with E-state index in [0.717, 1.165) is 0 Å². The Bertz CT molecular complexity index is 195. The molecular formula is C8H15NO2. The van der Waals surface area contributed by atoms with E-state index in [1.807, 2.05) is 27.7 Å². The summed E-state index contributed by atoms with van der Waals surface area (Å²) in [6.45, 7) is 7.82. The molecule has 0 radical (unpaired) electrons. The largest absolute Gasteiger partial charge is 0.281 e. The number of hydroxylamine groups is 2. The second-order valence-corrected chi connectivity index (χ2v) is 4.18. The van der Waals surface area contributed by atoms with Gasteiger partial charge < -0.3 is 0 Å². The molecule has 0 aromatic carbocycles. The molecule has 1 atom stereocenters. The van der Waals surface area contributed by atoms with Gasteiger partial charge in [-0.2, -0.15) is 0 Å². The van der Waals surface area contributed by atoms with Crippen LogP contribution in [0.3, 0.4) is 0 Å². The average Bonchev–Trinajstić information content (AvgIpc) is 1.85. The molecule has 1 aliphatic rings. The van der Waals surface area contributed by atoms with Gasteiger partial charge in [0.05, 0.1) is 0 Å². The Hall–Kier alpha value is -0.570. The lowest BCUT2D eigenvalue weighted by molar-refractivity contribution is -0.317. The Morgan fingerprint density at radius 1 is 1.45 bits per heavy atom. The van der Waals surface area contributed by atoms with E-state index in [0.29, 0.717) is 0 Å². The number of carbonyl (C=O) groups excluding carboxylic acids is 1. The average molecular weight is 157 g/mol. The summed E-state index contributed by atoms with van der Waals surface area (Å²) in [6, 6.07) is 0. The zero-order valence-electron chi connectivity index (χ0n) is 7.76. The van der Waals surface area contributed by atoms with E-state index in [4.69, 9.17) is 4.84 Å². The van der Waals surface area contributed by atoms with Gasteiger partial charge in [0.2, 0.25) is 0 Å². The first kappa shape index (κ1) is 8.53. The lowest BCUT2D eigenvalue weighted by Crippen LogP contribution is -2.67. The number of carbonyl (C=O) groups is 1. The minimum Gasteiger partial charge on any atom is -0.269 e. The van der Waals surface area contributed by atoms with Crippen LogP contribution in [0.2, 0.25) is 0 Å². The summed E-state index contributed by atoms with van der Waals surface area (Å²) >= 11 is 0. The van der Waals surface area contributed by atoms with Gasteiger partial charge in [-0.15, -0.1) is 0 Å². The number of nitrogens with zero attached hydrogens (tertiary/aromatic N) is 1. The second kappa shape index (κ2) is 1.97. The van der Waals surface area contributed by atoms with E-state index in [9.17, 15) is 4.79 Å². The van der Waals surface area contributed by atoms with E-state index in [1.54, 1.807) is 7.05 Å². The quantitative estimate of drug-likeness (QED) is 0.528. The van der Waals surface area contributed by atoms with Crippen LogP contribution in [0.15, 0.2) is 0 Å². The van der Waals surface area contributed by atoms with E-state index >= 15 is 0 Å². The molecule has 0 bridgehead atoms. The van der Waals surface area contributed by atoms with Gasteiger partial charge in [0, 0.05) is 12.5 Å². The highest BCUT2D eigenvalue weighted by atomic mass is 16.7. The third-order valence-electron chi connectivity index (χ3n) is 2.44. The number of hydrogen-bond acceptors (Lipinski definition) is 2. The van der Waals surface area contributed by atoms with E-state index in [1.165, 1.54) is 5.06 Å². The number of hydrogen-bond donors (Lipinski definition) is 0. The summed E-state index contributed by atoms with van der Waals surface area (Å²) in [4.78, 5) is 16.6. The maximum atomic E-state index is 11.3. The third-order valence-corrected chi connectivity index (χ3v) is 2.44. The van der Waals surface area contributed by atoms with Crippen molar-refractivity contribution in [2.75, 3.05) is 7.05 Å². The molecule has 3 nitrogen and oxygen atoms in total. The lowest BCUT2D eigenvalue weighted by Gasteiger charge is -2.50. The molecule has 1 unspecified atom stereocenters. The smallest absolute Gasteiger partial charge is 0.269 e. The minimum absolute atomic E-state index is 0.0602. The van der Waals surface area contributed by atoms with Crippen LogP contribution in [0.4, 0.5) is 0 Å². The first-order valence-corrected chi connectivity index (χ1v) is 3.76. The molecule has 0 aromatic heterocycles. The monoisotopic (exact) mass is 157 g/mol. The molecule has 0 N–H and O–H groups in total. The Kier molecular flexibility index (Phi) is 1.53. The molecule has 1 rings (SSSR count). The standard InChI is InChI=1S/C8H15NO2/c1-7(2,3)8(4)6(10)9(5)11-8/h1-5H3. The SMILES string of the molecule is CN1OC(C)(C(C)(C)C)C1=O. The fraction of sp³-hybridized carbons (Fsp3) is 0.875. The molecule has 1 saturated heterocycles. The molecule has 0 spiro atoms.